The maximum absolute atomic E-state index is 13.8. The first kappa shape index (κ1) is 26.4. The van der Waals surface area contributed by atoms with Gasteiger partial charge in [0.2, 0.25) is 5.91 Å². The van der Waals surface area contributed by atoms with E-state index in [0.29, 0.717) is 41.6 Å². The second-order valence-corrected chi connectivity index (χ2v) is 13.8. The lowest BCUT2D eigenvalue weighted by molar-refractivity contribution is -0.120. The van der Waals surface area contributed by atoms with Crippen molar-refractivity contribution >= 4 is 55.3 Å². The monoisotopic (exact) mass is 567 g/mol. The predicted octanol–water partition coefficient (Wildman–Crippen LogP) is 4.96. The van der Waals surface area contributed by atoms with Crippen molar-refractivity contribution in [3.8, 4) is 0 Å². The molecule has 2 aromatic carbocycles. The lowest BCUT2D eigenvalue weighted by Gasteiger charge is -2.33. The number of ether oxygens (including phenoxy) is 1. The smallest absolute Gasteiger partial charge is 0.258 e. The summed E-state index contributed by atoms with van der Waals surface area (Å²) in [6.45, 7) is 1.44. The molecule has 0 radical (unpaired) electrons. The maximum atomic E-state index is 13.8. The van der Waals surface area contributed by atoms with Crippen LogP contribution in [0.15, 0.2) is 40.6 Å². The minimum Gasteiger partial charge on any atom is -0.385 e. The maximum Gasteiger partial charge on any atom is 0.258 e. The number of hydrogen-bond donors (Lipinski definition) is 1. The van der Waals surface area contributed by atoms with Crippen LogP contribution in [0.25, 0.3) is 10.8 Å². The summed E-state index contributed by atoms with van der Waals surface area (Å²) in [6, 6.07) is 10.3. The Morgan fingerprint density at radius 1 is 1.13 bits per heavy atom. The van der Waals surface area contributed by atoms with Crippen molar-refractivity contribution in [3.63, 3.8) is 0 Å². The normalized spacial score (nSPS) is 19.5. The quantitative estimate of drug-likeness (QED) is 0.388. The lowest BCUT2D eigenvalue weighted by Crippen LogP contribution is -2.49. The summed E-state index contributed by atoms with van der Waals surface area (Å²) in [4.78, 5) is 29.7. The van der Waals surface area contributed by atoms with Crippen LogP contribution in [0.4, 0.5) is 11.4 Å². The minimum absolute atomic E-state index is 0.0571. The summed E-state index contributed by atoms with van der Waals surface area (Å²) in [6.07, 6.45) is 6.74. The van der Waals surface area contributed by atoms with Crippen LogP contribution in [0.2, 0.25) is 0 Å². The average Bonchev–Trinajstić information content (AvgIpc) is 3.51. The van der Waals surface area contributed by atoms with E-state index in [1.807, 2.05) is 36.4 Å². The number of carbonyl (C=O) groups is 2. The fraction of sp³-hybridized carbons (Fsp3) is 0.448. The van der Waals surface area contributed by atoms with Crippen LogP contribution < -0.4 is 10.2 Å². The number of aryl methyl sites for hydroxylation is 2. The molecule has 0 saturated carbocycles. The summed E-state index contributed by atoms with van der Waals surface area (Å²) in [5.41, 5.74) is 3.16. The van der Waals surface area contributed by atoms with E-state index in [-0.39, 0.29) is 11.8 Å². The molecule has 206 valence electrons. The highest BCUT2D eigenvalue weighted by Gasteiger charge is 2.39. The van der Waals surface area contributed by atoms with E-state index in [1.165, 1.54) is 15.6 Å². The largest absolute Gasteiger partial charge is 0.385 e. The number of sulfonamides is 1. The van der Waals surface area contributed by atoms with Gasteiger partial charge in [0, 0.05) is 53.7 Å². The molecule has 3 aromatic rings. The van der Waals surface area contributed by atoms with Gasteiger partial charge in [-0.2, -0.15) is 4.31 Å². The number of benzene rings is 2. The summed E-state index contributed by atoms with van der Waals surface area (Å²) in [7, 11) is -2.14. The molecule has 6 rings (SSSR count). The summed E-state index contributed by atoms with van der Waals surface area (Å²) < 4.78 is 34.5. The molecule has 1 fully saturated rings. The van der Waals surface area contributed by atoms with Crippen molar-refractivity contribution in [1.29, 1.82) is 0 Å². The van der Waals surface area contributed by atoms with Crippen LogP contribution in [0.5, 0.6) is 0 Å². The third-order valence-electron chi connectivity index (χ3n) is 8.07. The zero-order valence-electron chi connectivity index (χ0n) is 22.1. The van der Waals surface area contributed by atoms with Gasteiger partial charge in [-0.25, -0.2) is 8.42 Å². The number of carbonyl (C=O) groups excluding carboxylic acids is 2. The van der Waals surface area contributed by atoms with Gasteiger partial charge in [-0.05, 0) is 74.8 Å². The van der Waals surface area contributed by atoms with Gasteiger partial charge in [-0.1, -0.05) is 18.6 Å². The van der Waals surface area contributed by atoms with Gasteiger partial charge >= 0.3 is 0 Å². The standard InChI is InChI=1S/C29H33N3O5S2/c1-37-17-7-15-31-23-14-13-22(20-9-6-10-21(27(20)23)29(31)34)30-28(33)24-11-4-5-16-32(24)39(35,36)26-18-19-8-2-3-12-25(19)38-26/h6,9-10,13-14,18,24H,2-5,7-8,11-12,15-17H2,1H3,(H,30,33). The molecule has 1 N–H and O–H groups in total. The molecule has 39 heavy (non-hydrogen) atoms. The van der Waals surface area contributed by atoms with Crippen molar-refractivity contribution in [1.82, 2.24) is 4.31 Å². The van der Waals surface area contributed by atoms with Crippen molar-refractivity contribution < 1.29 is 22.7 Å². The highest BCUT2D eigenvalue weighted by molar-refractivity contribution is 7.91. The molecule has 0 spiro atoms. The van der Waals surface area contributed by atoms with Gasteiger partial charge in [0.1, 0.15) is 10.3 Å². The lowest BCUT2D eigenvalue weighted by atomic mass is 10.00. The zero-order chi connectivity index (χ0) is 27.1. The van der Waals surface area contributed by atoms with E-state index in [9.17, 15) is 18.0 Å². The molecule has 2 aliphatic heterocycles. The fourth-order valence-corrected chi connectivity index (χ4v) is 9.54. The summed E-state index contributed by atoms with van der Waals surface area (Å²) in [5.74, 6) is -0.389. The second-order valence-electron chi connectivity index (χ2n) is 10.5. The van der Waals surface area contributed by atoms with Gasteiger partial charge in [0.25, 0.3) is 15.9 Å². The van der Waals surface area contributed by atoms with Gasteiger partial charge in [-0.15, -0.1) is 11.3 Å². The highest BCUT2D eigenvalue weighted by atomic mass is 32.2. The Hall–Kier alpha value is -2.79. The third kappa shape index (κ3) is 4.67. The van der Waals surface area contributed by atoms with Crippen LogP contribution in [-0.2, 0) is 32.4 Å². The topological polar surface area (TPSA) is 96.0 Å². The average molecular weight is 568 g/mol. The number of nitrogens with zero attached hydrogens (tertiary/aromatic N) is 2. The van der Waals surface area contributed by atoms with E-state index >= 15 is 0 Å². The first-order chi connectivity index (χ1) is 18.9. The summed E-state index contributed by atoms with van der Waals surface area (Å²) in [5, 5.41) is 4.62. The number of rotatable bonds is 8. The Morgan fingerprint density at radius 2 is 1.97 bits per heavy atom. The number of nitrogens with one attached hydrogen (secondary N) is 1. The molecule has 3 aliphatic rings. The third-order valence-corrected chi connectivity index (χ3v) is 11.7. The molecule has 8 nitrogen and oxygen atoms in total. The molecule has 1 aromatic heterocycles. The SMILES string of the molecule is COCCCN1C(=O)c2cccc3c(NC(=O)C4CCCCN4S(=O)(=O)c4cc5c(s4)CCCC5)ccc1c23. The van der Waals surface area contributed by atoms with Crippen LogP contribution in [0.3, 0.4) is 0 Å². The molecular weight excluding hydrogens is 534 g/mol. The molecule has 10 heteroatoms. The Morgan fingerprint density at radius 3 is 2.79 bits per heavy atom. The first-order valence-corrected chi connectivity index (χ1v) is 16.0. The Kier molecular flexibility index (Phi) is 7.22. The molecule has 3 heterocycles. The number of anilines is 2. The Bertz CT molecular complexity index is 1520. The number of amides is 2. The van der Waals surface area contributed by atoms with Crippen LogP contribution in [0, 0.1) is 0 Å². The number of methoxy groups -OCH3 is 1. The predicted molar refractivity (Wildman–Crippen MR) is 153 cm³/mol. The van der Waals surface area contributed by atoms with E-state index in [1.54, 1.807) is 12.0 Å². The molecule has 1 aliphatic carbocycles. The van der Waals surface area contributed by atoms with Gasteiger partial charge in [0.15, 0.2) is 0 Å². The zero-order valence-corrected chi connectivity index (χ0v) is 23.7. The number of thiophene rings is 1. The van der Waals surface area contributed by atoms with Crippen molar-refractivity contribution in [2.45, 2.75) is 61.6 Å². The van der Waals surface area contributed by atoms with Gasteiger partial charge < -0.3 is 15.0 Å². The molecule has 1 unspecified atom stereocenters. The highest BCUT2D eigenvalue weighted by Crippen LogP contribution is 2.41. The fourth-order valence-electron chi connectivity index (χ4n) is 6.12. The van der Waals surface area contributed by atoms with E-state index in [0.717, 1.165) is 71.8 Å². The van der Waals surface area contributed by atoms with Crippen LogP contribution >= 0.6 is 11.3 Å². The molecule has 0 bridgehead atoms. The molecule has 2 amide bonds. The van der Waals surface area contributed by atoms with E-state index in [2.05, 4.69) is 5.32 Å². The number of hydrogen-bond acceptors (Lipinski definition) is 6. The van der Waals surface area contributed by atoms with E-state index in [4.69, 9.17) is 4.74 Å². The van der Waals surface area contributed by atoms with Crippen molar-refractivity contribution in [3.05, 3.63) is 52.4 Å². The van der Waals surface area contributed by atoms with Crippen LogP contribution in [0.1, 0.15) is 59.3 Å². The second kappa shape index (κ2) is 10.6. The Balaban J connectivity index is 1.28. The number of piperidine rings is 1. The summed E-state index contributed by atoms with van der Waals surface area (Å²) >= 11 is 1.37. The molecule has 1 atom stereocenters. The van der Waals surface area contributed by atoms with Gasteiger partial charge in [0.05, 0.1) is 5.69 Å². The van der Waals surface area contributed by atoms with Crippen LogP contribution in [-0.4, -0.2) is 57.4 Å². The molecular formula is C29H33N3O5S2. The van der Waals surface area contributed by atoms with E-state index < -0.39 is 16.1 Å². The van der Waals surface area contributed by atoms with Crippen molar-refractivity contribution in [2.75, 3.05) is 37.0 Å². The number of fused-ring (bicyclic) bond motifs is 1. The van der Waals surface area contributed by atoms with Crippen molar-refractivity contribution in [2.24, 2.45) is 0 Å². The molecule has 1 saturated heterocycles. The first-order valence-electron chi connectivity index (χ1n) is 13.7. The Labute approximate surface area is 233 Å². The minimum atomic E-state index is -3.78. The van der Waals surface area contributed by atoms with Gasteiger partial charge in [-0.3, -0.25) is 9.59 Å².